The van der Waals surface area contributed by atoms with Gasteiger partial charge < -0.3 is 5.11 Å². The first kappa shape index (κ1) is 17.6. The molecule has 0 saturated heterocycles. The Morgan fingerprint density at radius 1 is 1.15 bits per heavy atom. The quantitative estimate of drug-likeness (QED) is 0.743. The Balaban J connectivity index is 2.07. The number of nitrogens with zero attached hydrogens (tertiary/aromatic N) is 2. The van der Waals surface area contributed by atoms with Gasteiger partial charge in [-0.1, -0.05) is 42.5 Å². The fraction of sp³-hybridized carbons (Fsp3) is 0.150. The Kier molecular flexibility index (Phi) is 5.01. The zero-order chi connectivity index (χ0) is 18.7. The third-order valence-corrected chi connectivity index (χ3v) is 5.19. The highest BCUT2D eigenvalue weighted by molar-refractivity contribution is 7.23. The van der Waals surface area contributed by atoms with Crippen LogP contribution in [0.3, 0.4) is 0 Å². The molecule has 0 spiro atoms. The molecular formula is C20H16N2O3S. The number of hydrogen-bond donors (Lipinski definition) is 1. The van der Waals surface area contributed by atoms with Crippen molar-refractivity contribution in [2.24, 2.45) is 0 Å². The molecule has 0 aliphatic carbocycles. The van der Waals surface area contributed by atoms with Gasteiger partial charge in [-0.25, -0.2) is 0 Å². The number of hydrogen-bond acceptors (Lipinski definition) is 4. The molecule has 2 aromatic carbocycles. The minimum atomic E-state index is -0.906. The standard InChI is InChI=1S/C20H16N2O3S/c1-13(23)22(12-14-5-3-2-4-6-14)20-17(11-21)16-8-7-15(10-19(24)25)9-18(16)26-20/h2-9H,10,12H2,1H3,(H,24,25). The number of amides is 1. The van der Waals surface area contributed by atoms with Gasteiger partial charge in [0, 0.05) is 17.0 Å². The van der Waals surface area contributed by atoms with E-state index in [1.165, 1.54) is 18.3 Å². The topological polar surface area (TPSA) is 81.4 Å². The van der Waals surface area contributed by atoms with Gasteiger partial charge in [-0.2, -0.15) is 5.26 Å². The highest BCUT2D eigenvalue weighted by atomic mass is 32.1. The van der Waals surface area contributed by atoms with Crippen LogP contribution in [0.25, 0.3) is 10.1 Å². The number of fused-ring (bicyclic) bond motifs is 1. The van der Waals surface area contributed by atoms with E-state index in [4.69, 9.17) is 5.11 Å². The molecule has 0 aliphatic rings. The number of aliphatic carboxylic acids is 1. The second-order valence-corrected chi connectivity index (χ2v) is 6.92. The van der Waals surface area contributed by atoms with Gasteiger partial charge in [-0.3, -0.25) is 14.5 Å². The van der Waals surface area contributed by atoms with E-state index >= 15 is 0 Å². The average molecular weight is 364 g/mol. The molecule has 0 bridgehead atoms. The first-order chi connectivity index (χ1) is 12.5. The number of carbonyl (C=O) groups is 2. The Hall–Kier alpha value is -3.17. The molecule has 1 aromatic heterocycles. The van der Waals surface area contributed by atoms with Crippen molar-refractivity contribution in [3.63, 3.8) is 0 Å². The summed E-state index contributed by atoms with van der Waals surface area (Å²) < 4.78 is 0.801. The van der Waals surface area contributed by atoms with Crippen LogP contribution in [0.4, 0.5) is 5.00 Å². The van der Waals surface area contributed by atoms with Gasteiger partial charge in [-0.15, -0.1) is 11.3 Å². The van der Waals surface area contributed by atoms with Crippen molar-refractivity contribution in [1.82, 2.24) is 0 Å². The third-order valence-electron chi connectivity index (χ3n) is 4.01. The van der Waals surface area contributed by atoms with E-state index in [0.717, 1.165) is 15.6 Å². The van der Waals surface area contributed by atoms with Crippen molar-refractivity contribution in [3.05, 3.63) is 65.2 Å². The summed E-state index contributed by atoms with van der Waals surface area (Å²) >= 11 is 1.34. The van der Waals surface area contributed by atoms with Crippen LogP contribution >= 0.6 is 11.3 Å². The minimum Gasteiger partial charge on any atom is -0.481 e. The summed E-state index contributed by atoms with van der Waals surface area (Å²) in [5, 5.41) is 19.9. The van der Waals surface area contributed by atoms with Gasteiger partial charge in [0.15, 0.2) is 0 Å². The van der Waals surface area contributed by atoms with E-state index in [0.29, 0.717) is 22.7 Å². The summed E-state index contributed by atoms with van der Waals surface area (Å²) in [5.41, 5.74) is 2.08. The van der Waals surface area contributed by atoms with Gasteiger partial charge in [0.25, 0.3) is 0 Å². The maximum absolute atomic E-state index is 12.3. The monoisotopic (exact) mass is 364 g/mol. The number of nitriles is 1. The van der Waals surface area contributed by atoms with E-state index in [-0.39, 0.29) is 12.3 Å². The Bertz CT molecular complexity index is 1020. The van der Waals surface area contributed by atoms with Gasteiger partial charge >= 0.3 is 5.97 Å². The van der Waals surface area contributed by atoms with Crippen LogP contribution in [0.15, 0.2) is 48.5 Å². The number of carbonyl (C=O) groups excluding carboxylic acids is 1. The molecule has 3 rings (SSSR count). The van der Waals surface area contributed by atoms with E-state index in [1.54, 1.807) is 23.1 Å². The van der Waals surface area contributed by atoms with Crippen LogP contribution in [0.2, 0.25) is 0 Å². The van der Waals surface area contributed by atoms with Gasteiger partial charge in [0.2, 0.25) is 5.91 Å². The van der Waals surface area contributed by atoms with Crippen molar-refractivity contribution < 1.29 is 14.7 Å². The van der Waals surface area contributed by atoms with Crippen LogP contribution in [0.5, 0.6) is 0 Å². The molecule has 0 unspecified atom stereocenters. The Morgan fingerprint density at radius 3 is 2.50 bits per heavy atom. The molecule has 1 amide bonds. The van der Waals surface area contributed by atoms with Crippen LogP contribution in [0.1, 0.15) is 23.6 Å². The SMILES string of the molecule is CC(=O)N(Cc1ccccc1)c1sc2cc(CC(=O)O)ccc2c1C#N. The lowest BCUT2D eigenvalue weighted by Crippen LogP contribution is -2.27. The van der Waals surface area contributed by atoms with E-state index in [1.807, 2.05) is 30.3 Å². The highest BCUT2D eigenvalue weighted by Crippen LogP contribution is 2.39. The normalized spacial score (nSPS) is 10.5. The van der Waals surface area contributed by atoms with Crippen molar-refractivity contribution in [2.75, 3.05) is 4.90 Å². The second kappa shape index (κ2) is 7.38. The lowest BCUT2D eigenvalue weighted by atomic mass is 10.1. The predicted octanol–water partition coefficient (Wildman–Crippen LogP) is 3.95. The number of carboxylic acids is 1. The smallest absolute Gasteiger partial charge is 0.307 e. The molecule has 0 saturated carbocycles. The summed E-state index contributed by atoms with van der Waals surface area (Å²) in [6.45, 7) is 1.85. The van der Waals surface area contributed by atoms with Crippen LogP contribution in [-0.4, -0.2) is 17.0 Å². The molecule has 6 heteroatoms. The molecule has 0 fully saturated rings. The van der Waals surface area contributed by atoms with Gasteiger partial charge in [0.1, 0.15) is 11.1 Å². The first-order valence-corrected chi connectivity index (χ1v) is 8.80. The summed E-state index contributed by atoms with van der Waals surface area (Å²) in [7, 11) is 0. The largest absolute Gasteiger partial charge is 0.481 e. The Labute approximate surface area is 154 Å². The zero-order valence-corrected chi connectivity index (χ0v) is 14.9. The van der Waals surface area contributed by atoms with Crippen molar-refractivity contribution >= 4 is 38.3 Å². The van der Waals surface area contributed by atoms with E-state index in [2.05, 4.69) is 6.07 Å². The lowest BCUT2D eigenvalue weighted by molar-refractivity contribution is -0.136. The summed E-state index contributed by atoms with van der Waals surface area (Å²) in [6.07, 6.45) is -0.0779. The highest BCUT2D eigenvalue weighted by Gasteiger charge is 2.21. The molecule has 3 aromatic rings. The number of anilines is 1. The van der Waals surface area contributed by atoms with Crippen LogP contribution in [0, 0.1) is 11.3 Å². The molecular weight excluding hydrogens is 348 g/mol. The van der Waals surface area contributed by atoms with Gasteiger partial charge in [-0.05, 0) is 17.2 Å². The molecule has 130 valence electrons. The summed E-state index contributed by atoms with van der Waals surface area (Å²) in [6, 6.07) is 17.0. The minimum absolute atomic E-state index is 0.0779. The molecule has 1 heterocycles. The number of carboxylic acid groups (broad SMARTS) is 1. The first-order valence-electron chi connectivity index (χ1n) is 7.99. The van der Waals surface area contributed by atoms with E-state index in [9.17, 15) is 14.9 Å². The average Bonchev–Trinajstić information content (AvgIpc) is 2.97. The molecule has 5 nitrogen and oxygen atoms in total. The number of thiophene rings is 1. The molecule has 0 aliphatic heterocycles. The van der Waals surface area contributed by atoms with Gasteiger partial charge in [0.05, 0.1) is 18.5 Å². The Morgan fingerprint density at radius 2 is 1.88 bits per heavy atom. The summed E-state index contributed by atoms with van der Waals surface area (Å²) in [5.74, 6) is -1.06. The molecule has 26 heavy (non-hydrogen) atoms. The molecule has 1 N–H and O–H groups in total. The van der Waals surface area contributed by atoms with Crippen molar-refractivity contribution in [1.29, 1.82) is 5.26 Å². The van der Waals surface area contributed by atoms with Crippen LogP contribution < -0.4 is 4.90 Å². The molecule has 0 atom stereocenters. The second-order valence-electron chi connectivity index (χ2n) is 5.89. The van der Waals surface area contributed by atoms with Crippen molar-refractivity contribution in [2.45, 2.75) is 19.9 Å². The maximum Gasteiger partial charge on any atom is 0.307 e. The zero-order valence-electron chi connectivity index (χ0n) is 14.1. The predicted molar refractivity (Wildman–Crippen MR) is 101 cm³/mol. The third kappa shape index (κ3) is 3.58. The maximum atomic E-state index is 12.3. The fourth-order valence-corrected chi connectivity index (χ4v) is 4.06. The summed E-state index contributed by atoms with van der Waals surface area (Å²) in [4.78, 5) is 24.8. The number of benzene rings is 2. The van der Waals surface area contributed by atoms with E-state index < -0.39 is 5.97 Å². The number of rotatable bonds is 5. The lowest BCUT2D eigenvalue weighted by Gasteiger charge is -2.19. The van der Waals surface area contributed by atoms with Crippen molar-refractivity contribution in [3.8, 4) is 6.07 Å². The van der Waals surface area contributed by atoms with Crippen LogP contribution in [-0.2, 0) is 22.6 Å². The fourth-order valence-electron chi connectivity index (χ4n) is 2.80. The molecule has 0 radical (unpaired) electrons.